The molecule has 1 heterocycles. The maximum atomic E-state index is 12.4. The Labute approximate surface area is 135 Å². The lowest BCUT2D eigenvalue weighted by molar-refractivity contribution is -0.122. The van der Waals surface area contributed by atoms with E-state index in [1.165, 1.54) is 11.8 Å². The number of amides is 1. The second-order valence-electron chi connectivity index (χ2n) is 5.42. The number of benzene rings is 1. The third-order valence-corrected chi connectivity index (χ3v) is 4.52. The molecule has 1 fully saturated rings. The van der Waals surface area contributed by atoms with Crippen molar-refractivity contribution in [3.8, 4) is 5.75 Å². The second-order valence-corrected chi connectivity index (χ2v) is 7.09. The Bertz CT molecular complexity index is 608. The average molecular weight is 321 g/mol. The highest BCUT2D eigenvalue weighted by Crippen LogP contribution is 2.33. The summed E-state index contributed by atoms with van der Waals surface area (Å²) in [5, 5.41) is 0. The van der Waals surface area contributed by atoms with Crippen molar-refractivity contribution in [3.63, 3.8) is 0 Å². The highest BCUT2D eigenvalue weighted by molar-refractivity contribution is 8.26. The smallest absolute Gasteiger partial charge is 0.266 e. The number of rotatable bonds is 4. The quantitative estimate of drug-likeness (QED) is 0.622. The fraction of sp³-hybridized carbons (Fsp3) is 0.375. The molecule has 1 aliphatic heterocycles. The van der Waals surface area contributed by atoms with Gasteiger partial charge in [0.1, 0.15) is 10.1 Å². The number of nitrogens with zero attached hydrogens (tertiary/aromatic N) is 1. The minimum atomic E-state index is 0.00664. The molecule has 2 rings (SSSR count). The van der Waals surface area contributed by atoms with E-state index in [-0.39, 0.29) is 5.91 Å². The first-order valence-electron chi connectivity index (χ1n) is 6.82. The number of aryl methyl sites for hydroxylation is 1. The van der Waals surface area contributed by atoms with Gasteiger partial charge in [0.25, 0.3) is 5.91 Å². The number of hydrogen-bond donors (Lipinski definition) is 0. The summed E-state index contributed by atoms with van der Waals surface area (Å²) in [4.78, 5) is 14.8. The highest BCUT2D eigenvalue weighted by atomic mass is 32.2. The highest BCUT2D eigenvalue weighted by Gasteiger charge is 2.32. The van der Waals surface area contributed by atoms with E-state index in [2.05, 4.69) is 13.8 Å². The Morgan fingerprint density at radius 2 is 2.14 bits per heavy atom. The van der Waals surface area contributed by atoms with Crippen molar-refractivity contribution in [1.29, 1.82) is 0 Å². The molecule has 1 aromatic carbocycles. The summed E-state index contributed by atoms with van der Waals surface area (Å²) in [6, 6.07) is 5.87. The van der Waals surface area contributed by atoms with Crippen LogP contribution in [0.5, 0.6) is 5.75 Å². The molecule has 1 saturated heterocycles. The average Bonchev–Trinajstić information content (AvgIpc) is 2.66. The van der Waals surface area contributed by atoms with Crippen molar-refractivity contribution in [2.45, 2.75) is 20.8 Å². The molecule has 0 atom stereocenters. The van der Waals surface area contributed by atoms with Gasteiger partial charge in [0.05, 0.1) is 12.0 Å². The third kappa shape index (κ3) is 3.66. The number of thioether (sulfide) groups is 1. The molecule has 0 spiro atoms. The molecule has 0 saturated carbocycles. The van der Waals surface area contributed by atoms with Crippen LogP contribution in [-0.2, 0) is 4.79 Å². The summed E-state index contributed by atoms with van der Waals surface area (Å²) >= 11 is 6.67. The lowest BCUT2D eigenvalue weighted by Gasteiger charge is -2.16. The summed E-state index contributed by atoms with van der Waals surface area (Å²) in [5.74, 6) is 1.25. The third-order valence-electron chi connectivity index (χ3n) is 3.14. The van der Waals surface area contributed by atoms with Crippen LogP contribution in [0.3, 0.4) is 0 Å². The zero-order chi connectivity index (χ0) is 15.6. The van der Waals surface area contributed by atoms with Gasteiger partial charge in [0.2, 0.25) is 0 Å². The molecule has 0 radical (unpaired) electrons. The first kappa shape index (κ1) is 16.0. The number of hydrogen-bond acceptors (Lipinski definition) is 4. The van der Waals surface area contributed by atoms with Gasteiger partial charge in [-0.1, -0.05) is 43.9 Å². The van der Waals surface area contributed by atoms with Gasteiger partial charge in [-0.05, 0) is 42.2 Å². The molecule has 1 amide bonds. The van der Waals surface area contributed by atoms with E-state index < -0.39 is 0 Å². The molecule has 0 N–H and O–H groups in total. The molecular weight excluding hydrogens is 302 g/mol. The lowest BCUT2D eigenvalue weighted by atomic mass is 10.1. The molecule has 5 heteroatoms. The number of ether oxygens (including phenoxy) is 1. The van der Waals surface area contributed by atoms with Crippen molar-refractivity contribution >= 4 is 40.3 Å². The van der Waals surface area contributed by atoms with Crippen LogP contribution in [0.2, 0.25) is 0 Å². The summed E-state index contributed by atoms with van der Waals surface area (Å²) < 4.78 is 5.89. The zero-order valence-corrected chi connectivity index (χ0v) is 14.3. The Morgan fingerprint density at radius 1 is 1.43 bits per heavy atom. The normalized spacial score (nSPS) is 17.2. The second kappa shape index (κ2) is 6.62. The molecule has 0 bridgehead atoms. The van der Waals surface area contributed by atoms with Crippen LogP contribution in [0.15, 0.2) is 23.1 Å². The summed E-state index contributed by atoms with van der Waals surface area (Å²) in [5.41, 5.74) is 2.03. The Kier molecular flexibility index (Phi) is 5.06. The van der Waals surface area contributed by atoms with Gasteiger partial charge in [-0.15, -0.1) is 0 Å². The van der Waals surface area contributed by atoms with Crippen LogP contribution in [0.4, 0.5) is 0 Å². The van der Waals surface area contributed by atoms with Crippen LogP contribution in [-0.4, -0.2) is 28.8 Å². The number of methoxy groups -OCH3 is 1. The van der Waals surface area contributed by atoms with Crippen LogP contribution < -0.4 is 4.74 Å². The Hall–Kier alpha value is -1.33. The minimum Gasteiger partial charge on any atom is -0.496 e. The standard InChI is InChI=1S/C16H19NO2S2/c1-10(2)9-17-15(18)14(21-16(17)20)8-12-5-6-13(19-4)11(3)7-12/h5-8,10H,9H2,1-4H3/b14-8+. The van der Waals surface area contributed by atoms with Crippen LogP contribution in [0.25, 0.3) is 6.08 Å². The van der Waals surface area contributed by atoms with Gasteiger partial charge in [-0.2, -0.15) is 0 Å². The topological polar surface area (TPSA) is 29.5 Å². The molecular formula is C16H19NO2S2. The maximum Gasteiger partial charge on any atom is 0.266 e. The van der Waals surface area contributed by atoms with E-state index in [0.29, 0.717) is 21.7 Å². The van der Waals surface area contributed by atoms with Crippen molar-refractivity contribution in [2.75, 3.05) is 13.7 Å². The van der Waals surface area contributed by atoms with Gasteiger partial charge in [0, 0.05) is 6.54 Å². The zero-order valence-electron chi connectivity index (χ0n) is 12.7. The van der Waals surface area contributed by atoms with E-state index in [1.807, 2.05) is 31.2 Å². The molecule has 3 nitrogen and oxygen atoms in total. The molecule has 0 aliphatic carbocycles. The predicted molar refractivity (Wildman–Crippen MR) is 92.4 cm³/mol. The van der Waals surface area contributed by atoms with Crippen LogP contribution in [0.1, 0.15) is 25.0 Å². The summed E-state index contributed by atoms with van der Waals surface area (Å²) in [7, 11) is 1.65. The summed E-state index contributed by atoms with van der Waals surface area (Å²) in [6.07, 6.45) is 1.89. The van der Waals surface area contributed by atoms with Gasteiger partial charge in [0.15, 0.2) is 0 Å². The summed E-state index contributed by atoms with van der Waals surface area (Å²) in [6.45, 7) is 6.81. The molecule has 0 aromatic heterocycles. The molecule has 21 heavy (non-hydrogen) atoms. The van der Waals surface area contributed by atoms with Crippen LogP contribution >= 0.6 is 24.0 Å². The Balaban J connectivity index is 2.24. The largest absolute Gasteiger partial charge is 0.496 e. The number of thiocarbonyl (C=S) groups is 1. The van der Waals surface area contributed by atoms with E-state index in [0.717, 1.165) is 16.9 Å². The molecule has 0 unspecified atom stereocenters. The number of carbonyl (C=O) groups excluding carboxylic acids is 1. The van der Waals surface area contributed by atoms with Gasteiger partial charge in [-0.3, -0.25) is 9.69 Å². The van der Waals surface area contributed by atoms with E-state index in [1.54, 1.807) is 12.0 Å². The van der Waals surface area contributed by atoms with Gasteiger partial charge >= 0.3 is 0 Å². The maximum absolute atomic E-state index is 12.4. The fourth-order valence-electron chi connectivity index (χ4n) is 2.17. The molecule has 1 aliphatic rings. The predicted octanol–water partition coefficient (Wildman–Crippen LogP) is 3.86. The van der Waals surface area contributed by atoms with Crippen molar-refractivity contribution in [3.05, 3.63) is 34.2 Å². The first-order valence-corrected chi connectivity index (χ1v) is 8.05. The SMILES string of the molecule is COc1ccc(/C=C2/SC(=S)N(CC(C)C)C2=O)cc1C. The fourth-order valence-corrected chi connectivity index (χ4v) is 3.44. The lowest BCUT2D eigenvalue weighted by Crippen LogP contribution is -2.31. The number of carbonyl (C=O) groups is 1. The van der Waals surface area contributed by atoms with E-state index in [9.17, 15) is 4.79 Å². The Morgan fingerprint density at radius 3 is 2.71 bits per heavy atom. The van der Waals surface area contributed by atoms with Crippen molar-refractivity contribution < 1.29 is 9.53 Å². The van der Waals surface area contributed by atoms with Crippen molar-refractivity contribution in [1.82, 2.24) is 4.90 Å². The monoisotopic (exact) mass is 321 g/mol. The van der Waals surface area contributed by atoms with Gasteiger partial charge < -0.3 is 4.74 Å². The first-order chi connectivity index (χ1) is 9.92. The van der Waals surface area contributed by atoms with Crippen molar-refractivity contribution in [2.24, 2.45) is 5.92 Å². The minimum absolute atomic E-state index is 0.00664. The van der Waals surface area contributed by atoms with E-state index >= 15 is 0 Å². The van der Waals surface area contributed by atoms with Crippen LogP contribution in [0, 0.1) is 12.8 Å². The van der Waals surface area contributed by atoms with Gasteiger partial charge in [-0.25, -0.2) is 0 Å². The molecule has 1 aromatic rings. The van der Waals surface area contributed by atoms with E-state index in [4.69, 9.17) is 17.0 Å². The molecule has 112 valence electrons.